The molecule has 2 aliphatic rings. The first-order valence-electron chi connectivity index (χ1n) is 9.30. The molecule has 1 atom stereocenters. The minimum atomic E-state index is -0.0695. The van der Waals surface area contributed by atoms with Crippen LogP contribution in [0.15, 0.2) is 24.3 Å². The van der Waals surface area contributed by atoms with Gasteiger partial charge in [0.2, 0.25) is 5.91 Å². The molecule has 2 saturated heterocycles. The van der Waals surface area contributed by atoms with Crippen molar-refractivity contribution in [1.82, 2.24) is 10.2 Å². The molecule has 0 bridgehead atoms. The van der Waals surface area contributed by atoms with Crippen LogP contribution in [-0.2, 0) is 20.8 Å². The highest BCUT2D eigenvalue weighted by atomic mass is 16.5. The number of likely N-dealkylation sites (tertiary alicyclic amines) is 1. The number of methoxy groups -OCH3 is 1. The van der Waals surface area contributed by atoms with E-state index in [0.717, 1.165) is 45.3 Å². The maximum absolute atomic E-state index is 11.5. The number of nitrogens with zero attached hydrogens (tertiary/aromatic N) is 1. The molecule has 0 saturated carbocycles. The van der Waals surface area contributed by atoms with Gasteiger partial charge in [0.05, 0.1) is 11.7 Å². The van der Waals surface area contributed by atoms with E-state index in [1.165, 1.54) is 18.2 Å². The Morgan fingerprint density at radius 3 is 2.68 bits per heavy atom. The monoisotopic (exact) mass is 346 g/mol. The van der Waals surface area contributed by atoms with E-state index in [2.05, 4.69) is 41.4 Å². The summed E-state index contributed by atoms with van der Waals surface area (Å²) < 4.78 is 11.2. The normalized spacial score (nSPS) is 23.0. The van der Waals surface area contributed by atoms with Gasteiger partial charge in [0, 0.05) is 33.3 Å². The van der Waals surface area contributed by atoms with Crippen molar-refractivity contribution in [2.45, 2.75) is 50.9 Å². The Morgan fingerprint density at radius 1 is 1.28 bits per heavy atom. The summed E-state index contributed by atoms with van der Waals surface area (Å²) in [6, 6.07) is 8.82. The molecule has 2 fully saturated rings. The van der Waals surface area contributed by atoms with Gasteiger partial charge in [-0.2, -0.15) is 0 Å². The third-order valence-electron chi connectivity index (χ3n) is 5.44. The Hall–Kier alpha value is -1.43. The lowest BCUT2D eigenvalue weighted by molar-refractivity contribution is -0.126. The van der Waals surface area contributed by atoms with Gasteiger partial charge in [-0.3, -0.25) is 9.69 Å². The highest BCUT2D eigenvalue weighted by molar-refractivity contribution is 5.77. The van der Waals surface area contributed by atoms with E-state index in [1.54, 1.807) is 0 Å². The van der Waals surface area contributed by atoms with E-state index < -0.39 is 0 Å². The van der Waals surface area contributed by atoms with Gasteiger partial charge in [0.15, 0.2) is 0 Å². The summed E-state index contributed by atoms with van der Waals surface area (Å²) in [6.45, 7) is 6.02. The molecule has 1 spiro atoms. The summed E-state index contributed by atoms with van der Waals surface area (Å²) in [7, 11) is 1.53. The zero-order valence-corrected chi connectivity index (χ0v) is 15.4. The van der Waals surface area contributed by atoms with Gasteiger partial charge in [0.25, 0.3) is 0 Å². The predicted molar refractivity (Wildman–Crippen MR) is 97.4 cm³/mol. The second-order valence-electron chi connectivity index (χ2n) is 7.46. The van der Waals surface area contributed by atoms with Crippen LogP contribution >= 0.6 is 0 Å². The molecule has 0 aromatic heterocycles. The Balaban J connectivity index is 1.42. The molecule has 2 aliphatic heterocycles. The van der Waals surface area contributed by atoms with Crippen LogP contribution in [0.2, 0.25) is 0 Å². The van der Waals surface area contributed by atoms with Crippen LogP contribution in [-0.4, -0.2) is 55.9 Å². The molecule has 5 nitrogen and oxygen atoms in total. The van der Waals surface area contributed by atoms with E-state index in [1.807, 2.05) is 0 Å². The van der Waals surface area contributed by atoms with Crippen LogP contribution in [0.25, 0.3) is 0 Å². The second-order valence-corrected chi connectivity index (χ2v) is 7.46. The Bertz CT molecular complexity index is 565. The van der Waals surface area contributed by atoms with Gasteiger partial charge in [-0.25, -0.2) is 0 Å². The first-order chi connectivity index (χ1) is 12.1. The number of nitrogens with one attached hydrogen (secondary N) is 1. The minimum Gasteiger partial charge on any atom is -0.375 e. The second kappa shape index (κ2) is 8.30. The average molecular weight is 346 g/mol. The van der Waals surface area contributed by atoms with Gasteiger partial charge in [0.1, 0.15) is 6.61 Å². The van der Waals surface area contributed by atoms with Crippen molar-refractivity contribution in [3.63, 3.8) is 0 Å². The van der Waals surface area contributed by atoms with Gasteiger partial charge >= 0.3 is 0 Å². The molecular weight excluding hydrogens is 316 g/mol. The van der Waals surface area contributed by atoms with Crippen molar-refractivity contribution >= 4 is 5.91 Å². The molecular formula is C20H30N2O3. The summed E-state index contributed by atoms with van der Waals surface area (Å²) in [5, 5.41) is 2.89. The summed E-state index contributed by atoms with van der Waals surface area (Å²) in [5.41, 5.74) is 2.72. The lowest BCUT2D eigenvalue weighted by atomic mass is 9.88. The zero-order chi connectivity index (χ0) is 17.7. The zero-order valence-electron chi connectivity index (χ0n) is 15.4. The molecule has 3 rings (SSSR count). The van der Waals surface area contributed by atoms with Crippen LogP contribution in [0.4, 0.5) is 0 Å². The number of amides is 1. The van der Waals surface area contributed by atoms with E-state index >= 15 is 0 Å². The van der Waals surface area contributed by atoms with Gasteiger partial charge in [-0.15, -0.1) is 0 Å². The number of hydrogen-bond donors (Lipinski definition) is 1. The van der Waals surface area contributed by atoms with Crippen molar-refractivity contribution in [2.24, 2.45) is 0 Å². The molecule has 1 unspecified atom stereocenters. The molecule has 0 aliphatic carbocycles. The number of hydrogen-bond acceptors (Lipinski definition) is 4. The Kier molecular flexibility index (Phi) is 6.10. The van der Waals surface area contributed by atoms with Crippen LogP contribution in [0.1, 0.15) is 36.8 Å². The summed E-state index contributed by atoms with van der Waals surface area (Å²) in [5.74, 6) is -0.0695. The Morgan fingerprint density at radius 2 is 2.00 bits per heavy atom. The summed E-state index contributed by atoms with van der Waals surface area (Å²) >= 11 is 0. The predicted octanol–water partition coefficient (Wildman–Crippen LogP) is 2.27. The fraction of sp³-hybridized carbons (Fsp3) is 0.650. The third kappa shape index (κ3) is 5.03. The molecule has 5 heteroatoms. The van der Waals surface area contributed by atoms with Crippen molar-refractivity contribution in [1.29, 1.82) is 0 Å². The molecule has 2 heterocycles. The molecule has 1 amide bonds. The minimum absolute atomic E-state index is 0.0282. The molecule has 1 aromatic rings. The lowest BCUT2D eigenvalue weighted by Crippen LogP contribution is -2.45. The first-order valence-corrected chi connectivity index (χ1v) is 9.30. The molecule has 25 heavy (non-hydrogen) atoms. The average Bonchev–Trinajstić information content (AvgIpc) is 3.01. The third-order valence-corrected chi connectivity index (χ3v) is 5.44. The fourth-order valence-electron chi connectivity index (χ4n) is 3.89. The Labute approximate surface area is 150 Å². The maximum Gasteiger partial charge on any atom is 0.246 e. The van der Waals surface area contributed by atoms with E-state index in [0.29, 0.717) is 6.54 Å². The van der Waals surface area contributed by atoms with Crippen LogP contribution in [0.5, 0.6) is 0 Å². The van der Waals surface area contributed by atoms with Crippen molar-refractivity contribution in [3.8, 4) is 0 Å². The number of piperidine rings is 1. The number of carbonyl (C=O) groups excluding carboxylic acids is 1. The molecule has 1 N–H and O–H groups in total. The summed E-state index contributed by atoms with van der Waals surface area (Å²) in [4.78, 5) is 14.0. The van der Waals surface area contributed by atoms with Crippen molar-refractivity contribution < 1.29 is 14.3 Å². The van der Waals surface area contributed by atoms with Crippen LogP contribution in [0.3, 0.4) is 0 Å². The van der Waals surface area contributed by atoms with E-state index in [4.69, 9.17) is 9.47 Å². The van der Waals surface area contributed by atoms with Gasteiger partial charge in [-0.05, 0) is 38.2 Å². The van der Waals surface area contributed by atoms with Crippen LogP contribution < -0.4 is 5.32 Å². The number of ether oxygens (including phenoxy) is 2. The number of aryl methyl sites for hydroxylation is 1. The first kappa shape index (κ1) is 18.4. The fourth-order valence-corrected chi connectivity index (χ4v) is 3.89. The number of rotatable bonds is 6. The topological polar surface area (TPSA) is 50.8 Å². The summed E-state index contributed by atoms with van der Waals surface area (Å²) in [6.07, 6.45) is 4.45. The van der Waals surface area contributed by atoms with Crippen molar-refractivity contribution in [3.05, 3.63) is 35.4 Å². The molecule has 138 valence electrons. The van der Waals surface area contributed by atoms with E-state index in [-0.39, 0.29) is 24.2 Å². The largest absolute Gasteiger partial charge is 0.375 e. The number of carbonyl (C=O) groups is 1. The molecule has 1 aromatic carbocycles. The number of benzene rings is 1. The van der Waals surface area contributed by atoms with Crippen LogP contribution in [0, 0.1) is 6.92 Å². The quantitative estimate of drug-likeness (QED) is 0.858. The SMILES string of the molecule is COCC(=O)NCC1CCC2(CCN(Cc3ccc(C)cc3)CC2)O1. The highest BCUT2D eigenvalue weighted by Gasteiger charge is 2.42. The van der Waals surface area contributed by atoms with Crippen molar-refractivity contribution in [2.75, 3.05) is 33.4 Å². The van der Waals surface area contributed by atoms with Gasteiger partial charge in [-0.1, -0.05) is 29.8 Å². The van der Waals surface area contributed by atoms with Gasteiger partial charge < -0.3 is 14.8 Å². The smallest absolute Gasteiger partial charge is 0.246 e. The lowest BCUT2D eigenvalue weighted by Gasteiger charge is -2.39. The maximum atomic E-state index is 11.5. The highest BCUT2D eigenvalue weighted by Crippen LogP contribution is 2.38. The standard InChI is InChI=1S/C20H30N2O3/c1-16-3-5-17(6-4-16)14-22-11-9-20(10-12-22)8-7-18(25-20)13-21-19(23)15-24-2/h3-6,18H,7-15H2,1-2H3,(H,21,23). The molecule has 0 radical (unpaired) electrons. The van der Waals surface area contributed by atoms with E-state index in [9.17, 15) is 4.79 Å².